The number of hydrogen-bond acceptors (Lipinski definition) is 5. The van der Waals surface area contributed by atoms with Crippen LogP contribution in [0.25, 0.3) is 22.3 Å². The number of rotatable bonds is 5. The number of carbonyl (C=O) groups is 1. The summed E-state index contributed by atoms with van der Waals surface area (Å²) in [5, 5.41) is 3.74. The van der Waals surface area contributed by atoms with E-state index in [0.717, 1.165) is 11.1 Å². The van der Waals surface area contributed by atoms with Gasteiger partial charge < -0.3 is 19.2 Å². The van der Waals surface area contributed by atoms with Crippen LogP contribution >= 0.6 is 11.6 Å². The topological polar surface area (TPSA) is 77.8 Å². The summed E-state index contributed by atoms with van der Waals surface area (Å²) in [6.45, 7) is 3.86. The molecule has 0 saturated carbocycles. The highest BCUT2D eigenvalue weighted by atomic mass is 35.5. The van der Waals surface area contributed by atoms with E-state index in [1.165, 1.54) is 20.3 Å². The molecule has 7 heteroatoms. The third-order valence-corrected chi connectivity index (χ3v) is 5.61. The Morgan fingerprint density at radius 3 is 2.30 bits per heavy atom. The van der Waals surface area contributed by atoms with Crippen molar-refractivity contribution in [2.45, 2.75) is 13.8 Å². The molecule has 0 radical (unpaired) electrons. The quantitative estimate of drug-likeness (QED) is 0.392. The van der Waals surface area contributed by atoms with Gasteiger partial charge in [-0.3, -0.25) is 9.59 Å². The van der Waals surface area contributed by atoms with E-state index in [1.807, 2.05) is 26.0 Å². The second kappa shape index (κ2) is 9.00. The third-order valence-electron chi connectivity index (χ3n) is 5.31. The summed E-state index contributed by atoms with van der Waals surface area (Å²) in [4.78, 5) is 25.4. The lowest BCUT2D eigenvalue weighted by Gasteiger charge is -2.13. The number of ether oxygens (including phenoxy) is 2. The van der Waals surface area contributed by atoms with Gasteiger partial charge in [-0.25, -0.2) is 0 Å². The van der Waals surface area contributed by atoms with Crippen molar-refractivity contribution in [1.29, 1.82) is 0 Å². The highest BCUT2D eigenvalue weighted by Crippen LogP contribution is 2.36. The van der Waals surface area contributed by atoms with E-state index in [9.17, 15) is 9.59 Å². The van der Waals surface area contributed by atoms with Crippen molar-refractivity contribution in [1.82, 2.24) is 0 Å². The fourth-order valence-corrected chi connectivity index (χ4v) is 3.92. The van der Waals surface area contributed by atoms with Gasteiger partial charge in [0.25, 0.3) is 5.91 Å². The minimum atomic E-state index is -0.337. The van der Waals surface area contributed by atoms with Gasteiger partial charge in [0.05, 0.1) is 30.3 Å². The Bertz CT molecular complexity index is 1420. The zero-order valence-corrected chi connectivity index (χ0v) is 19.4. The molecule has 4 aromatic rings. The van der Waals surface area contributed by atoms with Crippen LogP contribution in [0.1, 0.15) is 21.5 Å². The van der Waals surface area contributed by atoms with E-state index in [4.69, 9.17) is 25.5 Å². The fraction of sp³-hybridized carbons (Fsp3) is 0.154. The predicted octanol–water partition coefficient (Wildman–Crippen LogP) is 6.00. The van der Waals surface area contributed by atoms with Gasteiger partial charge in [0.15, 0.2) is 5.43 Å². The van der Waals surface area contributed by atoms with Crippen LogP contribution in [0.4, 0.5) is 5.69 Å². The first kappa shape index (κ1) is 22.4. The molecule has 33 heavy (non-hydrogen) atoms. The maximum Gasteiger partial charge on any atom is 0.255 e. The molecule has 6 nitrogen and oxygen atoms in total. The Kier molecular flexibility index (Phi) is 6.11. The number of fused-ring (bicyclic) bond motifs is 1. The van der Waals surface area contributed by atoms with Crippen molar-refractivity contribution in [3.63, 3.8) is 0 Å². The molecule has 0 saturated heterocycles. The number of nitrogens with one attached hydrogen (secondary N) is 1. The summed E-state index contributed by atoms with van der Waals surface area (Å²) >= 11 is 6.13. The molecular weight excluding hydrogens is 442 g/mol. The number of benzene rings is 3. The van der Waals surface area contributed by atoms with Crippen molar-refractivity contribution in [2.75, 3.05) is 19.5 Å². The number of anilines is 1. The third kappa shape index (κ3) is 4.43. The molecule has 0 atom stereocenters. The number of amides is 1. The molecule has 1 N–H and O–H groups in total. The molecule has 3 aromatic carbocycles. The maximum absolute atomic E-state index is 12.8. The zero-order chi connectivity index (χ0) is 23.7. The van der Waals surface area contributed by atoms with Gasteiger partial charge in [-0.05, 0) is 43.2 Å². The van der Waals surface area contributed by atoms with E-state index in [2.05, 4.69) is 5.32 Å². The molecule has 168 valence electrons. The SMILES string of the molecule is COc1cc(NC(=O)c2ccc(-c3cc(=O)c4cc(C)cc(C)c4o3)cc2)c(OC)cc1Cl. The Labute approximate surface area is 195 Å². The van der Waals surface area contributed by atoms with Crippen LogP contribution in [0.2, 0.25) is 5.02 Å². The van der Waals surface area contributed by atoms with Crippen molar-refractivity contribution < 1.29 is 18.7 Å². The normalized spacial score (nSPS) is 10.8. The van der Waals surface area contributed by atoms with Gasteiger partial charge in [0.1, 0.15) is 22.8 Å². The van der Waals surface area contributed by atoms with Gasteiger partial charge in [0.2, 0.25) is 0 Å². The summed E-state index contributed by atoms with van der Waals surface area (Å²) in [6.07, 6.45) is 0. The number of carbonyl (C=O) groups excluding carboxylic acids is 1. The first-order valence-corrected chi connectivity index (χ1v) is 10.6. The zero-order valence-electron chi connectivity index (χ0n) is 18.6. The Morgan fingerprint density at radius 1 is 0.939 bits per heavy atom. The van der Waals surface area contributed by atoms with Crippen molar-refractivity contribution in [3.8, 4) is 22.8 Å². The summed E-state index contributed by atoms with van der Waals surface area (Å²) in [6, 6.07) is 15.2. The predicted molar refractivity (Wildman–Crippen MR) is 130 cm³/mol. The molecule has 0 bridgehead atoms. The van der Waals surface area contributed by atoms with Gasteiger partial charge in [-0.2, -0.15) is 0 Å². The van der Waals surface area contributed by atoms with E-state index in [1.54, 1.807) is 36.4 Å². The van der Waals surface area contributed by atoms with Crippen LogP contribution in [-0.2, 0) is 0 Å². The molecule has 0 unspecified atom stereocenters. The molecule has 0 aliphatic carbocycles. The first-order valence-electron chi connectivity index (χ1n) is 10.2. The molecule has 0 fully saturated rings. The molecule has 1 heterocycles. The van der Waals surface area contributed by atoms with Gasteiger partial charge in [-0.15, -0.1) is 0 Å². The van der Waals surface area contributed by atoms with Crippen molar-refractivity contribution >= 4 is 34.2 Å². The average molecular weight is 464 g/mol. The average Bonchev–Trinajstić information content (AvgIpc) is 2.80. The second-order valence-corrected chi connectivity index (χ2v) is 8.06. The van der Waals surface area contributed by atoms with E-state index < -0.39 is 0 Å². The minimum absolute atomic E-state index is 0.108. The van der Waals surface area contributed by atoms with Crippen molar-refractivity contribution in [2.24, 2.45) is 0 Å². The lowest BCUT2D eigenvalue weighted by Crippen LogP contribution is -2.12. The minimum Gasteiger partial charge on any atom is -0.495 e. The van der Waals surface area contributed by atoms with Gasteiger partial charge >= 0.3 is 0 Å². The molecule has 4 rings (SSSR count). The van der Waals surface area contributed by atoms with Crippen molar-refractivity contribution in [3.05, 3.63) is 86.5 Å². The Hall–Kier alpha value is -3.77. The number of halogens is 1. The highest BCUT2D eigenvalue weighted by molar-refractivity contribution is 6.32. The first-order chi connectivity index (χ1) is 15.8. The molecule has 1 aromatic heterocycles. The highest BCUT2D eigenvalue weighted by Gasteiger charge is 2.15. The summed E-state index contributed by atoms with van der Waals surface area (Å²) in [7, 11) is 2.98. The second-order valence-electron chi connectivity index (χ2n) is 7.65. The van der Waals surface area contributed by atoms with Crippen LogP contribution in [0, 0.1) is 13.8 Å². The molecule has 0 aliphatic heterocycles. The Balaban J connectivity index is 1.63. The van der Waals surface area contributed by atoms with Gasteiger partial charge in [-0.1, -0.05) is 29.8 Å². The number of hydrogen-bond donors (Lipinski definition) is 1. The maximum atomic E-state index is 12.8. The van der Waals surface area contributed by atoms with E-state index in [-0.39, 0.29) is 11.3 Å². The molecule has 0 aliphatic rings. The molecule has 1 amide bonds. The van der Waals surface area contributed by atoms with Crippen LogP contribution in [0.3, 0.4) is 0 Å². The van der Waals surface area contributed by atoms with Crippen LogP contribution in [-0.4, -0.2) is 20.1 Å². The standard InChI is InChI=1S/C26H22ClNO5/c1-14-9-15(2)25-18(10-14)21(29)13-22(33-25)16-5-7-17(8-6-16)26(30)28-20-12-23(31-3)19(27)11-24(20)32-4/h5-13H,1-4H3,(H,28,30). The summed E-state index contributed by atoms with van der Waals surface area (Å²) in [5.41, 5.74) is 3.90. The van der Waals surface area contributed by atoms with Crippen LogP contribution in [0.5, 0.6) is 11.5 Å². The van der Waals surface area contributed by atoms with Crippen LogP contribution < -0.4 is 20.2 Å². The fourth-order valence-electron chi connectivity index (χ4n) is 3.69. The van der Waals surface area contributed by atoms with Crippen LogP contribution in [0.15, 0.2) is 63.8 Å². The van der Waals surface area contributed by atoms with Gasteiger partial charge in [0, 0.05) is 29.3 Å². The van der Waals surface area contributed by atoms with E-state index >= 15 is 0 Å². The summed E-state index contributed by atoms with van der Waals surface area (Å²) in [5.74, 6) is 0.931. The number of methoxy groups -OCH3 is 2. The lowest BCUT2D eigenvalue weighted by molar-refractivity contribution is 0.102. The monoisotopic (exact) mass is 463 g/mol. The largest absolute Gasteiger partial charge is 0.495 e. The molecular formula is C26H22ClNO5. The van der Waals surface area contributed by atoms with E-state index in [0.29, 0.717) is 50.1 Å². The Morgan fingerprint density at radius 2 is 1.64 bits per heavy atom. The molecule has 0 spiro atoms. The summed E-state index contributed by atoms with van der Waals surface area (Å²) < 4.78 is 16.6. The lowest BCUT2D eigenvalue weighted by atomic mass is 10.1. The smallest absolute Gasteiger partial charge is 0.255 e. The number of aryl methyl sites for hydroxylation is 2.